The van der Waals surface area contributed by atoms with E-state index in [2.05, 4.69) is 22.5 Å². The van der Waals surface area contributed by atoms with Gasteiger partial charge in [0.15, 0.2) is 0 Å². The lowest BCUT2D eigenvalue weighted by Gasteiger charge is -2.36. The molecule has 0 aromatic heterocycles. The summed E-state index contributed by atoms with van der Waals surface area (Å²) in [6.07, 6.45) is 1.48. The smallest absolute Gasteiger partial charge is 0.236 e. The van der Waals surface area contributed by atoms with Gasteiger partial charge in [-0.15, -0.1) is 12.4 Å². The van der Waals surface area contributed by atoms with Gasteiger partial charge in [0.05, 0.1) is 6.54 Å². The minimum Gasteiger partial charge on any atom is -0.342 e. The van der Waals surface area contributed by atoms with Crippen molar-refractivity contribution in [2.45, 2.75) is 25.8 Å². The van der Waals surface area contributed by atoms with Crippen LogP contribution in [0.1, 0.15) is 19.8 Å². The van der Waals surface area contributed by atoms with Crippen molar-refractivity contribution in [1.29, 1.82) is 0 Å². The Bertz CT molecular complexity index is 590. The fraction of sp³-hybridized carbons (Fsp3) is 0.579. The number of para-hydroxylation sites is 1. The van der Waals surface area contributed by atoms with Crippen molar-refractivity contribution < 1.29 is 9.59 Å². The van der Waals surface area contributed by atoms with Crippen molar-refractivity contribution in [2.24, 2.45) is 5.92 Å². The second kappa shape index (κ2) is 9.90. The molecule has 2 heterocycles. The number of halogens is 1. The summed E-state index contributed by atoms with van der Waals surface area (Å²) >= 11 is 0. The van der Waals surface area contributed by atoms with E-state index in [0.717, 1.165) is 38.2 Å². The molecule has 0 saturated carbocycles. The number of nitrogens with zero attached hydrogens (tertiary/aromatic N) is 2. The Labute approximate surface area is 161 Å². The Morgan fingerprint density at radius 3 is 2.50 bits per heavy atom. The highest BCUT2D eigenvalue weighted by Gasteiger charge is 2.29. The molecule has 2 amide bonds. The van der Waals surface area contributed by atoms with Crippen LogP contribution < -0.4 is 10.6 Å². The molecule has 0 radical (unpaired) electrons. The number of piperidine rings is 1. The zero-order chi connectivity index (χ0) is 17.6. The molecule has 7 heteroatoms. The van der Waals surface area contributed by atoms with Crippen molar-refractivity contribution in [3.63, 3.8) is 0 Å². The number of carbonyl (C=O) groups is 2. The largest absolute Gasteiger partial charge is 0.342 e. The predicted octanol–water partition coefficient (Wildman–Crippen LogP) is 1.58. The molecule has 2 fully saturated rings. The fourth-order valence-electron chi connectivity index (χ4n) is 3.55. The van der Waals surface area contributed by atoms with Crippen molar-refractivity contribution in [2.75, 3.05) is 44.6 Å². The molecule has 2 aliphatic heterocycles. The number of hydrogen-bond acceptors (Lipinski definition) is 4. The lowest BCUT2D eigenvalue weighted by atomic mass is 9.95. The van der Waals surface area contributed by atoms with Crippen LogP contribution in [0.3, 0.4) is 0 Å². The first-order valence-corrected chi connectivity index (χ1v) is 9.22. The molecular formula is C19H29ClN4O2. The average molecular weight is 381 g/mol. The molecule has 3 rings (SSSR count). The summed E-state index contributed by atoms with van der Waals surface area (Å²) in [5, 5.41) is 6.31. The van der Waals surface area contributed by atoms with Crippen LogP contribution in [0.25, 0.3) is 0 Å². The SMILES string of the molecule is C[C@@H]1CNCCN1CC(=O)N1CCC(C(=O)Nc2ccccc2)CC1.Cl. The van der Waals surface area contributed by atoms with Crippen LogP contribution in [0.15, 0.2) is 30.3 Å². The van der Waals surface area contributed by atoms with E-state index in [4.69, 9.17) is 0 Å². The van der Waals surface area contributed by atoms with Gasteiger partial charge in [-0.1, -0.05) is 18.2 Å². The van der Waals surface area contributed by atoms with Crippen LogP contribution in [0, 0.1) is 5.92 Å². The molecule has 2 aliphatic rings. The number of anilines is 1. The maximum absolute atomic E-state index is 12.5. The zero-order valence-corrected chi connectivity index (χ0v) is 16.1. The molecule has 0 spiro atoms. The van der Waals surface area contributed by atoms with Gasteiger partial charge in [-0.2, -0.15) is 0 Å². The lowest BCUT2D eigenvalue weighted by Crippen LogP contribution is -2.54. The molecule has 6 nitrogen and oxygen atoms in total. The van der Waals surface area contributed by atoms with Crippen molar-refractivity contribution in [3.8, 4) is 0 Å². The second-order valence-corrected chi connectivity index (χ2v) is 7.03. The molecule has 0 bridgehead atoms. The van der Waals surface area contributed by atoms with E-state index in [1.807, 2.05) is 35.2 Å². The molecule has 2 saturated heterocycles. The minimum absolute atomic E-state index is 0. The number of likely N-dealkylation sites (tertiary alicyclic amines) is 1. The minimum atomic E-state index is -0.0117. The van der Waals surface area contributed by atoms with Gasteiger partial charge >= 0.3 is 0 Å². The topological polar surface area (TPSA) is 64.7 Å². The summed E-state index contributed by atoms with van der Waals surface area (Å²) in [5.74, 6) is 0.243. The summed E-state index contributed by atoms with van der Waals surface area (Å²) in [6, 6.07) is 9.93. The monoisotopic (exact) mass is 380 g/mol. The molecule has 2 N–H and O–H groups in total. The van der Waals surface area contributed by atoms with Gasteiger partial charge in [-0.25, -0.2) is 0 Å². The van der Waals surface area contributed by atoms with Crippen LogP contribution in [0.4, 0.5) is 5.69 Å². The van der Waals surface area contributed by atoms with Gasteiger partial charge in [-0.05, 0) is 31.9 Å². The highest BCUT2D eigenvalue weighted by atomic mass is 35.5. The van der Waals surface area contributed by atoms with E-state index >= 15 is 0 Å². The highest BCUT2D eigenvalue weighted by Crippen LogP contribution is 2.20. The molecule has 0 unspecified atom stereocenters. The third-order valence-electron chi connectivity index (χ3n) is 5.24. The number of benzene rings is 1. The third-order valence-corrected chi connectivity index (χ3v) is 5.24. The van der Waals surface area contributed by atoms with Crippen LogP contribution >= 0.6 is 12.4 Å². The van der Waals surface area contributed by atoms with Crippen molar-refractivity contribution in [3.05, 3.63) is 30.3 Å². The van der Waals surface area contributed by atoms with Crippen molar-refractivity contribution >= 4 is 29.9 Å². The number of hydrogen-bond donors (Lipinski definition) is 2. The molecule has 0 aliphatic carbocycles. The highest BCUT2D eigenvalue weighted by molar-refractivity contribution is 5.92. The first-order chi connectivity index (χ1) is 12.1. The molecule has 1 atom stereocenters. The molecule has 1 aromatic rings. The maximum Gasteiger partial charge on any atom is 0.236 e. The van der Waals surface area contributed by atoms with Gasteiger partial charge in [0.25, 0.3) is 0 Å². The number of carbonyl (C=O) groups excluding carboxylic acids is 2. The summed E-state index contributed by atoms with van der Waals surface area (Å²) in [5.41, 5.74) is 0.832. The number of nitrogens with one attached hydrogen (secondary N) is 2. The van der Waals surface area contributed by atoms with Crippen LogP contribution in [0.5, 0.6) is 0 Å². The predicted molar refractivity (Wildman–Crippen MR) is 106 cm³/mol. The normalized spacial score (nSPS) is 21.7. The molecule has 144 valence electrons. The van der Waals surface area contributed by atoms with E-state index in [1.54, 1.807) is 0 Å². The molecular weight excluding hydrogens is 352 g/mol. The molecule has 1 aromatic carbocycles. The van der Waals surface area contributed by atoms with Gasteiger partial charge in [-0.3, -0.25) is 14.5 Å². The second-order valence-electron chi connectivity index (χ2n) is 7.03. The van der Waals surface area contributed by atoms with Gasteiger partial charge in [0, 0.05) is 50.4 Å². The van der Waals surface area contributed by atoms with E-state index in [0.29, 0.717) is 25.7 Å². The van der Waals surface area contributed by atoms with Gasteiger partial charge < -0.3 is 15.5 Å². The van der Waals surface area contributed by atoms with E-state index in [1.165, 1.54) is 0 Å². The first kappa shape index (κ1) is 20.7. The quantitative estimate of drug-likeness (QED) is 0.832. The number of amides is 2. The Balaban J connectivity index is 0.00000243. The van der Waals surface area contributed by atoms with Gasteiger partial charge in [0.1, 0.15) is 0 Å². The van der Waals surface area contributed by atoms with Crippen molar-refractivity contribution in [1.82, 2.24) is 15.1 Å². The maximum atomic E-state index is 12.5. The van der Waals surface area contributed by atoms with E-state index in [9.17, 15) is 9.59 Å². The summed E-state index contributed by atoms with van der Waals surface area (Å²) in [4.78, 5) is 29.1. The average Bonchev–Trinajstić information content (AvgIpc) is 2.64. The van der Waals surface area contributed by atoms with Crippen LogP contribution in [0.2, 0.25) is 0 Å². The molecule has 26 heavy (non-hydrogen) atoms. The summed E-state index contributed by atoms with van der Waals surface area (Å²) in [6.45, 7) is 6.79. The fourth-order valence-corrected chi connectivity index (χ4v) is 3.55. The van der Waals surface area contributed by atoms with E-state index in [-0.39, 0.29) is 30.1 Å². The Morgan fingerprint density at radius 2 is 1.85 bits per heavy atom. The number of rotatable bonds is 4. The summed E-state index contributed by atoms with van der Waals surface area (Å²) in [7, 11) is 0. The Kier molecular flexibility index (Phi) is 7.87. The lowest BCUT2D eigenvalue weighted by molar-refractivity contribution is -0.136. The number of piperazine rings is 1. The van der Waals surface area contributed by atoms with Crippen LogP contribution in [-0.4, -0.2) is 66.9 Å². The van der Waals surface area contributed by atoms with E-state index < -0.39 is 0 Å². The first-order valence-electron chi connectivity index (χ1n) is 9.22. The summed E-state index contributed by atoms with van der Waals surface area (Å²) < 4.78 is 0. The third kappa shape index (κ3) is 5.43. The van der Waals surface area contributed by atoms with Crippen LogP contribution in [-0.2, 0) is 9.59 Å². The standard InChI is InChI=1S/C19H28N4O2.ClH/c1-15-13-20-9-12-23(15)14-18(24)22-10-7-16(8-11-22)19(25)21-17-5-3-2-4-6-17;/h2-6,15-16,20H,7-14H2,1H3,(H,21,25);1H/t15-;/m1./s1. The van der Waals surface area contributed by atoms with Gasteiger partial charge in [0.2, 0.25) is 11.8 Å². The Morgan fingerprint density at radius 1 is 1.15 bits per heavy atom. The zero-order valence-electron chi connectivity index (χ0n) is 15.3. The Hall–Kier alpha value is -1.63.